The maximum Gasteiger partial charge on any atom is 0.132 e. The Morgan fingerprint density at radius 1 is 1.18 bits per heavy atom. The lowest BCUT2D eigenvalue weighted by molar-refractivity contribution is 0.155. The second-order valence-electron chi connectivity index (χ2n) is 9.46. The normalized spacial score (nSPS) is 22.8. The van der Waals surface area contributed by atoms with Gasteiger partial charge in [0, 0.05) is 0 Å². The van der Waals surface area contributed by atoms with Crippen molar-refractivity contribution in [2.24, 2.45) is 11.8 Å². The van der Waals surface area contributed by atoms with Crippen LogP contribution < -0.4 is 4.74 Å². The summed E-state index contributed by atoms with van der Waals surface area (Å²) in [5, 5.41) is 11.0. The molecule has 1 heterocycles. The quantitative estimate of drug-likeness (QED) is 0.388. The average molecular weight is 383 g/mol. The van der Waals surface area contributed by atoms with E-state index in [-0.39, 0.29) is 5.60 Å². The molecular formula is C26H38O2. The van der Waals surface area contributed by atoms with E-state index < -0.39 is 0 Å². The van der Waals surface area contributed by atoms with Gasteiger partial charge >= 0.3 is 0 Å². The third-order valence-electron chi connectivity index (χ3n) is 6.62. The molecule has 2 heteroatoms. The van der Waals surface area contributed by atoms with Gasteiger partial charge in [-0.2, -0.15) is 0 Å². The van der Waals surface area contributed by atoms with Gasteiger partial charge in [0.2, 0.25) is 0 Å². The minimum atomic E-state index is -0.343. The zero-order valence-corrected chi connectivity index (χ0v) is 18.4. The summed E-state index contributed by atoms with van der Waals surface area (Å²) in [6, 6.07) is 4.19. The highest BCUT2D eigenvalue weighted by atomic mass is 16.5. The van der Waals surface area contributed by atoms with E-state index in [0.29, 0.717) is 23.5 Å². The Labute approximate surface area is 171 Å². The van der Waals surface area contributed by atoms with Crippen LogP contribution in [0, 0.1) is 11.8 Å². The van der Waals surface area contributed by atoms with Gasteiger partial charge in [-0.1, -0.05) is 58.6 Å². The molecule has 0 radical (unpaired) electrons. The Bertz CT molecular complexity index is 741. The lowest BCUT2D eigenvalue weighted by atomic mass is 9.78. The van der Waals surface area contributed by atoms with Crippen LogP contribution >= 0.6 is 0 Å². The van der Waals surface area contributed by atoms with Crippen LogP contribution in [0.25, 0.3) is 5.57 Å². The zero-order valence-electron chi connectivity index (χ0n) is 18.4. The number of hydrogen-bond acceptors (Lipinski definition) is 2. The Hall–Kier alpha value is -1.70. The molecule has 0 aromatic heterocycles. The fourth-order valence-electron chi connectivity index (χ4n) is 4.71. The molecule has 0 spiro atoms. The first kappa shape index (κ1) is 21.0. The van der Waals surface area contributed by atoms with E-state index in [4.69, 9.17) is 4.74 Å². The Morgan fingerprint density at radius 2 is 1.96 bits per heavy atom. The number of allylic oxidation sites excluding steroid dienone is 3. The smallest absolute Gasteiger partial charge is 0.132 e. The molecule has 1 aliphatic heterocycles. The second-order valence-corrected chi connectivity index (χ2v) is 9.46. The van der Waals surface area contributed by atoms with Crippen molar-refractivity contribution in [2.75, 3.05) is 0 Å². The molecule has 3 unspecified atom stereocenters. The van der Waals surface area contributed by atoms with Crippen LogP contribution in [0.5, 0.6) is 11.5 Å². The highest BCUT2D eigenvalue weighted by Crippen LogP contribution is 2.48. The molecular weight excluding hydrogens is 344 g/mol. The van der Waals surface area contributed by atoms with Crippen molar-refractivity contribution in [3.63, 3.8) is 0 Å². The topological polar surface area (TPSA) is 29.5 Å². The van der Waals surface area contributed by atoms with Gasteiger partial charge in [0.25, 0.3) is 0 Å². The van der Waals surface area contributed by atoms with E-state index in [1.807, 2.05) is 6.07 Å². The van der Waals surface area contributed by atoms with Crippen molar-refractivity contribution in [3.8, 4) is 11.5 Å². The summed E-state index contributed by atoms with van der Waals surface area (Å²) < 4.78 is 6.34. The number of phenols is 1. The number of phenolic OH excluding ortho intramolecular Hbond substituents is 1. The van der Waals surface area contributed by atoms with Crippen LogP contribution in [0.4, 0.5) is 0 Å². The minimum Gasteiger partial charge on any atom is -0.507 e. The number of benzene rings is 1. The van der Waals surface area contributed by atoms with E-state index in [2.05, 4.69) is 58.9 Å². The number of ether oxygens (including phenoxy) is 1. The summed E-state index contributed by atoms with van der Waals surface area (Å²) in [6.07, 6.45) is 15.2. The number of hydrogen-bond donors (Lipinski definition) is 1. The molecule has 1 aromatic rings. The molecule has 0 saturated heterocycles. The van der Waals surface area contributed by atoms with Gasteiger partial charge in [-0.15, -0.1) is 0 Å². The summed E-state index contributed by atoms with van der Waals surface area (Å²) in [4.78, 5) is 0. The third kappa shape index (κ3) is 4.64. The van der Waals surface area contributed by atoms with Crippen LogP contribution in [0.15, 0.2) is 30.4 Å². The molecule has 2 aliphatic rings. The molecule has 0 fully saturated rings. The van der Waals surface area contributed by atoms with Crippen molar-refractivity contribution < 1.29 is 9.84 Å². The Morgan fingerprint density at radius 3 is 2.64 bits per heavy atom. The lowest BCUT2D eigenvalue weighted by Crippen LogP contribution is -2.30. The fraction of sp³-hybridized carbons (Fsp3) is 0.615. The first-order chi connectivity index (χ1) is 13.3. The number of aromatic hydroxyl groups is 1. The average Bonchev–Trinajstić information content (AvgIpc) is 2.66. The molecule has 0 saturated carbocycles. The molecule has 154 valence electrons. The van der Waals surface area contributed by atoms with Gasteiger partial charge in [0.15, 0.2) is 0 Å². The second kappa shape index (κ2) is 8.76. The minimum absolute atomic E-state index is 0.343. The summed E-state index contributed by atoms with van der Waals surface area (Å²) in [7, 11) is 0. The molecule has 28 heavy (non-hydrogen) atoms. The number of fused-ring (bicyclic) bond motifs is 1. The van der Waals surface area contributed by atoms with Crippen LogP contribution in [0.1, 0.15) is 96.6 Å². The van der Waals surface area contributed by atoms with E-state index in [9.17, 15) is 5.11 Å². The van der Waals surface area contributed by atoms with Crippen LogP contribution in [0.3, 0.4) is 0 Å². The van der Waals surface area contributed by atoms with Gasteiger partial charge < -0.3 is 9.84 Å². The third-order valence-corrected chi connectivity index (χ3v) is 6.62. The van der Waals surface area contributed by atoms with Gasteiger partial charge in [-0.25, -0.2) is 0 Å². The monoisotopic (exact) mass is 382 g/mol. The van der Waals surface area contributed by atoms with Crippen molar-refractivity contribution in [3.05, 3.63) is 41.5 Å². The first-order valence-electron chi connectivity index (χ1n) is 11.3. The summed E-state index contributed by atoms with van der Waals surface area (Å²) in [5.74, 6) is 2.72. The fourth-order valence-corrected chi connectivity index (χ4v) is 4.71. The molecule has 1 aliphatic carbocycles. The SMILES string of the molecule is CCCCCC(C)C(C)c1cc(O)c2c(c1)OC(C)(C)C=C2C1CC=CCC1. The summed E-state index contributed by atoms with van der Waals surface area (Å²) >= 11 is 0. The molecule has 1 N–H and O–H groups in total. The summed E-state index contributed by atoms with van der Waals surface area (Å²) in [6.45, 7) is 11.1. The molecule has 2 nitrogen and oxygen atoms in total. The Kier molecular flexibility index (Phi) is 6.58. The predicted octanol–water partition coefficient (Wildman–Crippen LogP) is 7.62. The maximum absolute atomic E-state index is 11.0. The van der Waals surface area contributed by atoms with Crippen molar-refractivity contribution >= 4 is 5.57 Å². The van der Waals surface area contributed by atoms with E-state index in [1.165, 1.54) is 36.8 Å². The molecule has 3 atom stereocenters. The lowest BCUT2D eigenvalue weighted by Gasteiger charge is -2.35. The van der Waals surface area contributed by atoms with Gasteiger partial charge in [-0.05, 0) is 80.2 Å². The van der Waals surface area contributed by atoms with Gasteiger partial charge in [-0.3, -0.25) is 0 Å². The standard InChI is InChI=1S/C26H38O2/c1-6-7-9-12-18(2)19(3)21-15-23(27)25-22(20-13-10-8-11-14-20)17-26(4,5)28-24(25)16-21/h8,10,15-20,27H,6-7,9,11-14H2,1-5H3. The van der Waals surface area contributed by atoms with Crippen LogP contribution in [-0.2, 0) is 0 Å². The Balaban J connectivity index is 1.91. The van der Waals surface area contributed by atoms with Gasteiger partial charge in [0.1, 0.15) is 17.1 Å². The van der Waals surface area contributed by atoms with Gasteiger partial charge in [0.05, 0.1) is 5.56 Å². The largest absolute Gasteiger partial charge is 0.507 e. The summed E-state index contributed by atoms with van der Waals surface area (Å²) in [5.41, 5.74) is 3.04. The van der Waals surface area contributed by atoms with E-state index >= 15 is 0 Å². The number of rotatable bonds is 7. The van der Waals surface area contributed by atoms with E-state index in [0.717, 1.165) is 30.6 Å². The highest BCUT2D eigenvalue weighted by Gasteiger charge is 2.33. The zero-order chi connectivity index (χ0) is 20.3. The number of unbranched alkanes of at least 4 members (excludes halogenated alkanes) is 2. The first-order valence-corrected chi connectivity index (χ1v) is 11.3. The van der Waals surface area contributed by atoms with Crippen molar-refractivity contribution in [1.29, 1.82) is 0 Å². The van der Waals surface area contributed by atoms with Crippen molar-refractivity contribution in [2.45, 2.75) is 91.1 Å². The maximum atomic E-state index is 11.0. The highest BCUT2D eigenvalue weighted by molar-refractivity contribution is 5.79. The molecule has 0 bridgehead atoms. The molecule has 3 rings (SSSR count). The molecule has 0 amide bonds. The van der Waals surface area contributed by atoms with Crippen LogP contribution in [0.2, 0.25) is 0 Å². The molecule has 1 aromatic carbocycles. The van der Waals surface area contributed by atoms with Crippen molar-refractivity contribution in [1.82, 2.24) is 0 Å². The van der Waals surface area contributed by atoms with E-state index in [1.54, 1.807) is 0 Å². The van der Waals surface area contributed by atoms with Crippen LogP contribution in [-0.4, -0.2) is 10.7 Å². The predicted molar refractivity (Wildman–Crippen MR) is 119 cm³/mol.